The van der Waals surface area contributed by atoms with Crippen LogP contribution < -0.4 is 10.7 Å². The fourth-order valence-corrected chi connectivity index (χ4v) is 4.12. The van der Waals surface area contributed by atoms with Crippen LogP contribution in [0.1, 0.15) is 51.3 Å². The van der Waals surface area contributed by atoms with E-state index >= 15 is 0 Å². The normalized spacial score (nSPS) is 18.1. The third-order valence-corrected chi connectivity index (χ3v) is 5.57. The van der Waals surface area contributed by atoms with E-state index in [-0.39, 0.29) is 24.9 Å². The van der Waals surface area contributed by atoms with E-state index in [1.165, 1.54) is 6.26 Å². The summed E-state index contributed by atoms with van der Waals surface area (Å²) in [7, 11) is 0. The Bertz CT molecular complexity index is 934. The smallest absolute Gasteiger partial charge is 0.344 e. The molecule has 0 atom stereocenters. The number of carbonyl (C=O) groups excluding carboxylic acids is 3. The molecule has 2 aromatic rings. The van der Waals surface area contributed by atoms with Gasteiger partial charge < -0.3 is 14.2 Å². The lowest BCUT2D eigenvalue weighted by Gasteiger charge is -2.30. The topological polar surface area (TPSA) is 134 Å². The third-order valence-electron chi connectivity index (χ3n) is 5.57. The zero-order chi connectivity index (χ0) is 21.8. The maximum absolute atomic E-state index is 12.8. The van der Waals surface area contributed by atoms with Crippen molar-refractivity contribution in [2.24, 2.45) is 0 Å². The van der Waals surface area contributed by atoms with Crippen LogP contribution in [-0.4, -0.2) is 56.6 Å². The Labute approximate surface area is 179 Å². The van der Waals surface area contributed by atoms with Crippen molar-refractivity contribution in [3.05, 3.63) is 24.3 Å². The molecule has 3 heterocycles. The summed E-state index contributed by atoms with van der Waals surface area (Å²) in [5.41, 5.74) is 1.58. The molecule has 0 aromatic carbocycles. The first-order chi connectivity index (χ1) is 15.0. The Hall–Kier alpha value is -3.21. The van der Waals surface area contributed by atoms with Crippen LogP contribution in [0.15, 0.2) is 27.2 Å². The minimum Gasteiger partial charge on any atom is -0.459 e. The number of hydrazine groups is 1. The van der Waals surface area contributed by atoms with Gasteiger partial charge in [0, 0.05) is 0 Å². The van der Waals surface area contributed by atoms with Gasteiger partial charge >= 0.3 is 6.03 Å². The highest BCUT2D eigenvalue weighted by Crippen LogP contribution is 2.33. The summed E-state index contributed by atoms with van der Waals surface area (Å²) in [6.07, 6.45) is 6.30. The summed E-state index contributed by atoms with van der Waals surface area (Å²) in [6.45, 7) is 2.79. The van der Waals surface area contributed by atoms with Crippen LogP contribution in [-0.2, 0) is 16.1 Å². The number of amides is 4. The maximum Gasteiger partial charge on any atom is 0.344 e. The Morgan fingerprint density at radius 1 is 1.29 bits per heavy atom. The van der Waals surface area contributed by atoms with Crippen molar-refractivity contribution in [2.75, 3.05) is 13.1 Å². The average Bonchev–Trinajstić information content (AvgIpc) is 3.47. The van der Waals surface area contributed by atoms with Gasteiger partial charge in [0.05, 0.1) is 19.4 Å². The van der Waals surface area contributed by atoms with Gasteiger partial charge in [-0.3, -0.25) is 19.9 Å². The number of hydrogen-bond acceptors (Lipinski definition) is 8. The summed E-state index contributed by atoms with van der Waals surface area (Å²) in [5, 5.41) is 11.6. The first-order valence-corrected chi connectivity index (χ1v) is 10.6. The van der Waals surface area contributed by atoms with E-state index in [1.807, 2.05) is 11.8 Å². The van der Waals surface area contributed by atoms with Gasteiger partial charge in [-0.1, -0.05) is 26.2 Å². The summed E-state index contributed by atoms with van der Waals surface area (Å²) in [6, 6.07) is 2.86. The first-order valence-electron chi connectivity index (χ1n) is 10.6. The van der Waals surface area contributed by atoms with Crippen molar-refractivity contribution in [2.45, 2.75) is 57.5 Å². The van der Waals surface area contributed by atoms with E-state index in [1.54, 1.807) is 12.1 Å². The predicted octanol–water partition coefficient (Wildman–Crippen LogP) is 1.83. The highest BCUT2D eigenvalue weighted by molar-refractivity contribution is 6.08. The molecule has 166 valence electrons. The highest BCUT2D eigenvalue weighted by Gasteiger charge is 2.52. The average molecular weight is 430 g/mol. The first kappa shape index (κ1) is 21.0. The Kier molecular flexibility index (Phi) is 6.03. The van der Waals surface area contributed by atoms with Gasteiger partial charge in [-0.25, -0.2) is 4.79 Å². The van der Waals surface area contributed by atoms with E-state index in [0.717, 1.165) is 30.7 Å². The monoisotopic (exact) mass is 430 g/mol. The molecule has 0 bridgehead atoms. The molecule has 1 saturated heterocycles. The Morgan fingerprint density at radius 2 is 2.10 bits per heavy atom. The summed E-state index contributed by atoms with van der Waals surface area (Å²) in [5.74, 6) is 0.221. The number of aromatic nitrogens is 2. The Morgan fingerprint density at radius 3 is 2.81 bits per heavy atom. The molecule has 31 heavy (non-hydrogen) atoms. The van der Waals surface area contributed by atoms with Gasteiger partial charge in [-0.2, -0.15) is 5.01 Å². The lowest BCUT2D eigenvalue weighted by Crippen LogP contribution is -2.52. The van der Waals surface area contributed by atoms with Crippen LogP contribution in [0.25, 0.3) is 11.7 Å². The van der Waals surface area contributed by atoms with E-state index in [9.17, 15) is 14.4 Å². The van der Waals surface area contributed by atoms with Gasteiger partial charge in [-0.15, -0.1) is 10.2 Å². The number of nitrogens with zero attached hydrogens (tertiary/aromatic N) is 4. The molecule has 2 aromatic heterocycles. The number of rotatable bonds is 8. The number of nitrogens with one attached hydrogen (secondary N) is 2. The minimum absolute atomic E-state index is 0.0314. The van der Waals surface area contributed by atoms with Crippen molar-refractivity contribution in [1.29, 1.82) is 0 Å². The standard InChI is InChI=1S/C20H26N6O5/c1-2-10-25(13-16-22-23-17(31-16)14-7-6-11-30-14)12-15(27)24-26-18(28)20(21-19(26)29)8-4-3-5-9-20/h6-7,11H,2-5,8-10,12-13H2,1H3,(H,21,29)(H,24,27). The van der Waals surface area contributed by atoms with Crippen LogP contribution in [0.2, 0.25) is 0 Å². The predicted molar refractivity (Wildman–Crippen MR) is 107 cm³/mol. The van der Waals surface area contributed by atoms with Gasteiger partial charge in [-0.05, 0) is 37.9 Å². The van der Waals surface area contributed by atoms with Crippen LogP contribution in [0.4, 0.5) is 4.79 Å². The largest absolute Gasteiger partial charge is 0.459 e. The molecule has 0 unspecified atom stereocenters. The second-order valence-corrected chi connectivity index (χ2v) is 7.94. The molecule has 2 aliphatic rings. The zero-order valence-electron chi connectivity index (χ0n) is 17.4. The van der Waals surface area contributed by atoms with Gasteiger partial charge in [0.1, 0.15) is 5.54 Å². The van der Waals surface area contributed by atoms with Crippen LogP contribution in [0.3, 0.4) is 0 Å². The van der Waals surface area contributed by atoms with Crippen molar-refractivity contribution in [3.63, 3.8) is 0 Å². The molecule has 11 heteroatoms. The fraction of sp³-hybridized carbons (Fsp3) is 0.550. The van der Waals surface area contributed by atoms with Crippen LogP contribution in [0, 0.1) is 0 Å². The van der Waals surface area contributed by atoms with Gasteiger partial charge in [0.15, 0.2) is 5.76 Å². The van der Waals surface area contributed by atoms with Crippen molar-refractivity contribution >= 4 is 17.8 Å². The van der Waals surface area contributed by atoms with Crippen molar-refractivity contribution in [1.82, 2.24) is 30.8 Å². The number of hydrogen-bond donors (Lipinski definition) is 2. The lowest BCUT2D eigenvalue weighted by molar-refractivity contribution is -0.140. The summed E-state index contributed by atoms with van der Waals surface area (Å²) >= 11 is 0. The molecule has 4 rings (SSSR count). The molecule has 2 fully saturated rings. The second-order valence-electron chi connectivity index (χ2n) is 7.94. The van der Waals surface area contributed by atoms with E-state index < -0.39 is 17.5 Å². The second kappa shape index (κ2) is 8.88. The molecule has 4 amide bonds. The molecule has 2 N–H and O–H groups in total. The zero-order valence-corrected chi connectivity index (χ0v) is 17.4. The number of urea groups is 1. The summed E-state index contributed by atoms with van der Waals surface area (Å²) < 4.78 is 10.9. The lowest BCUT2D eigenvalue weighted by atomic mass is 9.82. The molecule has 1 aliphatic heterocycles. The number of imide groups is 1. The van der Waals surface area contributed by atoms with Crippen LogP contribution in [0.5, 0.6) is 0 Å². The van der Waals surface area contributed by atoms with E-state index in [4.69, 9.17) is 8.83 Å². The molecule has 1 aliphatic carbocycles. The quantitative estimate of drug-likeness (QED) is 0.606. The third kappa shape index (κ3) is 4.46. The van der Waals surface area contributed by atoms with Gasteiger partial charge in [0.25, 0.3) is 17.7 Å². The highest BCUT2D eigenvalue weighted by atomic mass is 16.4. The molecule has 11 nitrogen and oxygen atoms in total. The minimum atomic E-state index is -0.877. The van der Waals surface area contributed by atoms with Crippen molar-refractivity contribution < 1.29 is 23.2 Å². The number of carbonyl (C=O) groups is 3. The summed E-state index contributed by atoms with van der Waals surface area (Å²) in [4.78, 5) is 39.6. The van der Waals surface area contributed by atoms with Crippen LogP contribution >= 0.6 is 0 Å². The maximum atomic E-state index is 12.8. The van der Waals surface area contributed by atoms with Crippen molar-refractivity contribution in [3.8, 4) is 11.7 Å². The molecule has 1 saturated carbocycles. The fourth-order valence-electron chi connectivity index (χ4n) is 4.12. The Balaban J connectivity index is 1.36. The van der Waals surface area contributed by atoms with E-state index in [0.29, 0.717) is 31.0 Å². The SMILES string of the molecule is CCCN(CC(=O)NN1C(=O)NC2(CCCCC2)C1=O)Cc1nnc(-c2ccco2)o1. The van der Waals surface area contributed by atoms with E-state index in [2.05, 4.69) is 20.9 Å². The number of furan rings is 1. The molecule has 0 radical (unpaired) electrons. The van der Waals surface area contributed by atoms with Gasteiger partial charge in [0.2, 0.25) is 5.89 Å². The molecule has 1 spiro atoms. The molecular formula is C20H26N6O5. The molecular weight excluding hydrogens is 404 g/mol.